The van der Waals surface area contributed by atoms with Crippen molar-refractivity contribution in [1.29, 1.82) is 0 Å². The van der Waals surface area contributed by atoms with E-state index in [0.29, 0.717) is 3.12 Å². The molecular weight excluding hydrogens is 430 g/mol. The maximum atomic E-state index is 2.57. The average Bonchev–Trinajstić information content (AvgIpc) is 3.04. The summed E-state index contributed by atoms with van der Waals surface area (Å²) < 4.78 is 1.26. The molecule has 120 valence electrons. The first-order chi connectivity index (χ1) is 10.7. The number of benzene rings is 2. The van der Waals surface area contributed by atoms with Crippen LogP contribution in [-0.4, -0.2) is 8.80 Å². The third-order valence-electron chi connectivity index (χ3n) is 5.75. The first-order valence-electron chi connectivity index (χ1n) is 8.08. The van der Waals surface area contributed by atoms with Gasteiger partial charge in [-0.3, -0.25) is 0 Å². The fraction of sp³-hybridized carbons (Fsp3) is 0.200. The monoisotopic (exact) mass is 446 g/mol. The van der Waals surface area contributed by atoms with E-state index < -0.39 is 32.0 Å². The zero-order valence-corrected chi connectivity index (χ0v) is 18.8. The SMILES string of the molecule is C[SiH]1C2=Cc3ccccc3[CH]2[Zr+2][C]2(C)C1=Cc1ccccc12.[Cl-].[Cl-]. The zero-order valence-electron chi connectivity index (χ0n) is 13.7. The number of allylic oxidation sites excluding steroid dienone is 2. The van der Waals surface area contributed by atoms with Crippen LogP contribution in [0.4, 0.5) is 0 Å². The minimum Gasteiger partial charge on any atom is -1.00 e. The summed E-state index contributed by atoms with van der Waals surface area (Å²) in [4.78, 5) is 0. The van der Waals surface area contributed by atoms with Crippen LogP contribution in [-0.2, 0) is 26.4 Å². The van der Waals surface area contributed by atoms with Gasteiger partial charge in [0.2, 0.25) is 0 Å². The second-order valence-corrected chi connectivity index (χ2v) is 14.2. The topological polar surface area (TPSA) is 0 Å². The van der Waals surface area contributed by atoms with Gasteiger partial charge in [0.15, 0.2) is 0 Å². The molecule has 0 aromatic heterocycles. The van der Waals surface area contributed by atoms with Gasteiger partial charge in [-0.1, -0.05) is 0 Å². The summed E-state index contributed by atoms with van der Waals surface area (Å²) in [7, 11) is -0.991. The van der Waals surface area contributed by atoms with E-state index in [4.69, 9.17) is 0 Å². The molecule has 2 aromatic rings. The predicted molar refractivity (Wildman–Crippen MR) is 91.9 cm³/mol. The summed E-state index contributed by atoms with van der Waals surface area (Å²) >= 11 is -0.623. The van der Waals surface area contributed by atoms with Crippen molar-refractivity contribution in [1.82, 2.24) is 0 Å². The largest absolute Gasteiger partial charge is 1.00 e. The van der Waals surface area contributed by atoms with Gasteiger partial charge in [-0.15, -0.1) is 0 Å². The normalized spacial score (nSPS) is 27.6. The van der Waals surface area contributed by atoms with Gasteiger partial charge in [-0.05, 0) is 0 Å². The second kappa shape index (κ2) is 6.40. The van der Waals surface area contributed by atoms with Gasteiger partial charge in [0.1, 0.15) is 0 Å². The van der Waals surface area contributed by atoms with Crippen LogP contribution in [0.1, 0.15) is 32.8 Å². The molecule has 24 heavy (non-hydrogen) atoms. The molecule has 2 aromatic carbocycles. The smallest absolute Gasteiger partial charge is 1.00 e. The van der Waals surface area contributed by atoms with Crippen molar-refractivity contribution in [3.05, 3.63) is 81.2 Å². The molecule has 0 bridgehead atoms. The van der Waals surface area contributed by atoms with Gasteiger partial charge in [-0.2, -0.15) is 0 Å². The number of rotatable bonds is 0. The third kappa shape index (κ3) is 2.34. The van der Waals surface area contributed by atoms with Gasteiger partial charge >= 0.3 is 146 Å². The van der Waals surface area contributed by atoms with E-state index in [2.05, 4.69) is 74.2 Å². The number of hydrogen-bond donors (Lipinski definition) is 0. The summed E-state index contributed by atoms with van der Waals surface area (Å²) in [6.07, 6.45) is 5.12. The fourth-order valence-corrected chi connectivity index (χ4v) is 16.6. The Hall–Kier alpha value is -0.400. The van der Waals surface area contributed by atoms with Crippen LogP contribution < -0.4 is 24.8 Å². The maximum Gasteiger partial charge on any atom is -1.00 e. The third-order valence-corrected chi connectivity index (χ3v) is 15.5. The first kappa shape index (κ1) is 18.4. The Kier molecular flexibility index (Phi) is 4.90. The zero-order chi connectivity index (χ0) is 14.9. The van der Waals surface area contributed by atoms with Gasteiger partial charge in [0.25, 0.3) is 0 Å². The summed E-state index contributed by atoms with van der Waals surface area (Å²) in [6, 6.07) is 18.3. The Morgan fingerprint density at radius 3 is 2.38 bits per heavy atom. The standard InChI is InChI=1S/C20H18Si.2ClH.Zr/c1-14-19-10-6-5-9-17(19)13-20(14)21(2)18-11-15-7-3-4-8-16(15)12-18;;;/h3-13,21H,1-2H3;2*1H;/q;;;+2/p-2. The Balaban J connectivity index is 0.000000845. The molecule has 2 aliphatic carbocycles. The summed E-state index contributed by atoms with van der Waals surface area (Å²) in [6.45, 7) is 5.14. The quantitative estimate of drug-likeness (QED) is 0.430. The van der Waals surface area contributed by atoms with Crippen LogP contribution in [0.25, 0.3) is 12.2 Å². The molecule has 5 rings (SSSR count). The van der Waals surface area contributed by atoms with Crippen molar-refractivity contribution >= 4 is 20.9 Å². The molecular formula is C20H18Cl2SiZr. The Bertz CT molecular complexity index is 873. The fourth-order valence-electron chi connectivity index (χ4n) is 4.62. The molecule has 3 unspecified atom stereocenters. The number of halogens is 2. The summed E-state index contributed by atoms with van der Waals surface area (Å²) in [5.41, 5.74) is 6.31. The molecule has 1 aliphatic heterocycles. The van der Waals surface area contributed by atoms with Crippen molar-refractivity contribution in [2.45, 2.75) is 20.2 Å². The van der Waals surface area contributed by atoms with E-state index in [1.807, 2.05) is 10.4 Å². The average molecular weight is 449 g/mol. The molecule has 0 radical (unpaired) electrons. The minimum atomic E-state index is -0.991. The molecule has 0 N–H and O–H groups in total. The Morgan fingerprint density at radius 2 is 1.58 bits per heavy atom. The molecule has 0 amide bonds. The van der Waals surface area contributed by atoms with Crippen LogP contribution >= 0.6 is 0 Å². The van der Waals surface area contributed by atoms with Crippen molar-refractivity contribution in [3.8, 4) is 0 Å². The molecule has 3 atom stereocenters. The Morgan fingerprint density at radius 1 is 0.917 bits per heavy atom. The molecule has 0 spiro atoms. The maximum absolute atomic E-state index is 2.57. The van der Waals surface area contributed by atoms with Gasteiger partial charge < -0.3 is 24.8 Å². The van der Waals surface area contributed by atoms with Crippen LogP contribution in [0.5, 0.6) is 0 Å². The second-order valence-electron chi connectivity index (χ2n) is 6.88. The molecule has 1 saturated heterocycles. The molecule has 1 heterocycles. The summed E-state index contributed by atoms with van der Waals surface area (Å²) in [5.74, 6) is 0. The van der Waals surface area contributed by atoms with Gasteiger partial charge in [-0.25, -0.2) is 0 Å². The van der Waals surface area contributed by atoms with Crippen LogP contribution in [0.15, 0.2) is 58.9 Å². The van der Waals surface area contributed by atoms with Crippen molar-refractivity contribution < 1.29 is 48.0 Å². The van der Waals surface area contributed by atoms with Crippen LogP contribution in [0.3, 0.4) is 0 Å². The van der Waals surface area contributed by atoms with E-state index in [0.717, 1.165) is 3.63 Å². The Labute approximate surface area is 169 Å². The number of hydrogen-bond acceptors (Lipinski definition) is 0. The van der Waals surface area contributed by atoms with Crippen molar-refractivity contribution in [2.24, 2.45) is 0 Å². The van der Waals surface area contributed by atoms with Crippen molar-refractivity contribution in [2.75, 3.05) is 0 Å². The van der Waals surface area contributed by atoms with Crippen LogP contribution in [0.2, 0.25) is 6.55 Å². The van der Waals surface area contributed by atoms with E-state index in [-0.39, 0.29) is 24.8 Å². The van der Waals surface area contributed by atoms with Gasteiger partial charge in [0.05, 0.1) is 0 Å². The van der Waals surface area contributed by atoms with E-state index >= 15 is 0 Å². The molecule has 4 heteroatoms. The van der Waals surface area contributed by atoms with Crippen LogP contribution in [0, 0.1) is 0 Å². The minimum absolute atomic E-state index is 0. The molecule has 0 nitrogen and oxygen atoms in total. The number of fused-ring (bicyclic) bond motifs is 6. The molecule has 0 saturated carbocycles. The molecule has 3 aliphatic rings. The van der Waals surface area contributed by atoms with Gasteiger partial charge in [0, 0.05) is 0 Å². The summed E-state index contributed by atoms with van der Waals surface area (Å²) in [5, 5.41) is 3.67. The van der Waals surface area contributed by atoms with E-state index in [1.165, 1.54) is 11.1 Å². The van der Waals surface area contributed by atoms with E-state index in [1.54, 1.807) is 11.1 Å². The predicted octanol–water partition coefficient (Wildman–Crippen LogP) is -1.52. The molecule has 1 fully saturated rings. The van der Waals surface area contributed by atoms with Crippen molar-refractivity contribution in [3.63, 3.8) is 0 Å². The van der Waals surface area contributed by atoms with E-state index in [9.17, 15) is 0 Å². The first-order valence-corrected chi connectivity index (χ1v) is 13.0.